The monoisotopic (exact) mass is 479 g/mol. The number of nitrogens with zero attached hydrogens (tertiary/aromatic N) is 1. The third-order valence-electron chi connectivity index (χ3n) is 6.39. The third-order valence-corrected chi connectivity index (χ3v) is 6.39. The molecule has 5 amide bonds. The Morgan fingerprint density at radius 1 is 0.941 bits per heavy atom. The predicted octanol–water partition coefficient (Wildman–Crippen LogP) is 1.22. The Hall–Kier alpha value is -2.65. The summed E-state index contributed by atoms with van der Waals surface area (Å²) in [6.45, 7) is 11.4. The largest absolute Gasteiger partial charge is 0.363 e. The SMILES string of the molecule is CC(C)(C)NC(=O)N[C@H](C(=O)N1CCC[C@H]1C(=O)N[C@@H](CC1CCC1)C(=O)C(N)=O)C(C)(C)C. The Morgan fingerprint density at radius 3 is 2.03 bits per heavy atom. The van der Waals surface area contributed by atoms with Gasteiger partial charge in [-0.15, -0.1) is 0 Å². The van der Waals surface area contributed by atoms with Crippen LogP contribution in [0, 0.1) is 11.3 Å². The number of carbonyl (C=O) groups is 5. The van der Waals surface area contributed by atoms with Crippen LogP contribution in [-0.4, -0.2) is 64.6 Å². The van der Waals surface area contributed by atoms with Gasteiger partial charge in [-0.1, -0.05) is 40.0 Å². The van der Waals surface area contributed by atoms with Crippen LogP contribution in [0.1, 0.15) is 80.1 Å². The molecule has 192 valence electrons. The van der Waals surface area contributed by atoms with E-state index in [9.17, 15) is 24.0 Å². The molecule has 10 nitrogen and oxygen atoms in total. The molecule has 5 N–H and O–H groups in total. The van der Waals surface area contributed by atoms with Gasteiger partial charge in [0.05, 0.1) is 6.04 Å². The fraction of sp³-hybridized carbons (Fsp3) is 0.792. The summed E-state index contributed by atoms with van der Waals surface area (Å²) in [7, 11) is 0. The van der Waals surface area contributed by atoms with Crippen LogP contribution in [0.4, 0.5) is 4.79 Å². The zero-order valence-electron chi connectivity index (χ0n) is 21.3. The molecule has 3 atom stereocenters. The van der Waals surface area contributed by atoms with Gasteiger partial charge < -0.3 is 26.6 Å². The molecule has 10 heteroatoms. The summed E-state index contributed by atoms with van der Waals surface area (Å²) >= 11 is 0. The van der Waals surface area contributed by atoms with E-state index in [0.29, 0.717) is 25.8 Å². The number of nitrogens with one attached hydrogen (secondary N) is 3. The maximum atomic E-state index is 13.5. The maximum absolute atomic E-state index is 13.5. The van der Waals surface area contributed by atoms with Gasteiger partial charge in [-0.05, 0) is 51.4 Å². The number of hydrogen-bond acceptors (Lipinski definition) is 5. The van der Waals surface area contributed by atoms with Crippen molar-refractivity contribution in [1.82, 2.24) is 20.9 Å². The number of hydrogen-bond donors (Lipinski definition) is 4. The summed E-state index contributed by atoms with van der Waals surface area (Å²) in [5.74, 6) is -2.46. The van der Waals surface area contributed by atoms with Crippen molar-refractivity contribution in [3.05, 3.63) is 0 Å². The van der Waals surface area contributed by atoms with Crippen LogP contribution < -0.4 is 21.7 Å². The Balaban J connectivity index is 2.15. The first kappa shape index (κ1) is 27.6. The van der Waals surface area contributed by atoms with Crippen molar-refractivity contribution in [2.24, 2.45) is 17.1 Å². The summed E-state index contributed by atoms with van der Waals surface area (Å²) in [4.78, 5) is 64.5. The summed E-state index contributed by atoms with van der Waals surface area (Å²) < 4.78 is 0. The topological polar surface area (TPSA) is 151 Å². The first-order valence-corrected chi connectivity index (χ1v) is 12.1. The minimum atomic E-state index is -1.08. The van der Waals surface area contributed by atoms with Crippen LogP contribution in [0.5, 0.6) is 0 Å². The van der Waals surface area contributed by atoms with Crippen LogP contribution in [0.15, 0.2) is 0 Å². The van der Waals surface area contributed by atoms with Gasteiger partial charge in [0.15, 0.2) is 0 Å². The van der Waals surface area contributed by atoms with Crippen LogP contribution in [0.3, 0.4) is 0 Å². The summed E-state index contributed by atoms with van der Waals surface area (Å²) in [5, 5.41) is 8.27. The molecule has 1 heterocycles. The van der Waals surface area contributed by atoms with Crippen molar-refractivity contribution >= 4 is 29.5 Å². The standard InChI is InChI=1S/C24H41N5O5/c1-23(2,3)18(27-22(34)28-24(4,5)6)21(33)29-12-8-11-16(29)20(32)26-15(17(30)19(25)31)13-14-9-7-10-14/h14-16,18H,7-13H2,1-6H3,(H2,25,31)(H,26,32)(H2,27,28,34)/t15-,16-,18+/m0/s1. The number of Topliss-reactive ketones (excluding diaryl/α,β-unsaturated/α-hetero) is 1. The molecule has 0 unspecified atom stereocenters. The van der Waals surface area contributed by atoms with E-state index in [-0.39, 0.29) is 11.8 Å². The van der Waals surface area contributed by atoms with E-state index in [4.69, 9.17) is 5.73 Å². The van der Waals surface area contributed by atoms with Gasteiger partial charge in [-0.25, -0.2) is 4.79 Å². The molecule has 0 bridgehead atoms. The average molecular weight is 480 g/mol. The molecule has 0 aromatic rings. The summed E-state index contributed by atoms with van der Waals surface area (Å²) in [6, 6.07) is -3.09. The molecule has 0 aromatic heterocycles. The molecule has 2 fully saturated rings. The fourth-order valence-electron chi connectivity index (χ4n) is 4.36. The van der Waals surface area contributed by atoms with E-state index < -0.39 is 52.7 Å². The van der Waals surface area contributed by atoms with Crippen molar-refractivity contribution in [3.63, 3.8) is 0 Å². The molecule has 1 aliphatic heterocycles. The normalized spacial score (nSPS) is 20.6. The maximum Gasteiger partial charge on any atom is 0.315 e. The minimum absolute atomic E-state index is 0.269. The quantitative estimate of drug-likeness (QED) is 0.386. The lowest BCUT2D eigenvalue weighted by molar-refractivity contribution is -0.143. The lowest BCUT2D eigenvalue weighted by Gasteiger charge is -2.36. The highest BCUT2D eigenvalue weighted by Gasteiger charge is 2.43. The molecular weight excluding hydrogens is 438 g/mol. The average Bonchev–Trinajstić information content (AvgIpc) is 3.14. The van der Waals surface area contributed by atoms with E-state index in [1.54, 1.807) is 0 Å². The lowest BCUT2D eigenvalue weighted by Crippen LogP contribution is -2.61. The second kappa shape index (κ2) is 10.7. The van der Waals surface area contributed by atoms with Crippen LogP contribution in [-0.2, 0) is 19.2 Å². The lowest BCUT2D eigenvalue weighted by atomic mass is 9.80. The zero-order chi connectivity index (χ0) is 25.8. The molecule has 2 aliphatic rings. The molecule has 0 aromatic carbocycles. The highest BCUT2D eigenvalue weighted by Crippen LogP contribution is 2.31. The van der Waals surface area contributed by atoms with E-state index in [1.807, 2.05) is 41.5 Å². The smallest absolute Gasteiger partial charge is 0.315 e. The molecule has 1 saturated carbocycles. The second-order valence-electron chi connectivity index (χ2n) is 11.7. The van der Waals surface area contributed by atoms with Crippen molar-refractivity contribution < 1.29 is 24.0 Å². The van der Waals surface area contributed by atoms with Gasteiger partial charge in [0.1, 0.15) is 12.1 Å². The number of amides is 5. The Labute approximate surface area is 202 Å². The van der Waals surface area contributed by atoms with Crippen LogP contribution >= 0.6 is 0 Å². The van der Waals surface area contributed by atoms with Crippen molar-refractivity contribution in [2.75, 3.05) is 6.54 Å². The van der Waals surface area contributed by atoms with Crippen LogP contribution in [0.2, 0.25) is 0 Å². The summed E-state index contributed by atoms with van der Waals surface area (Å²) in [6.07, 6.45) is 4.37. The number of primary amides is 1. The number of likely N-dealkylation sites (tertiary alicyclic amines) is 1. The highest BCUT2D eigenvalue weighted by atomic mass is 16.2. The molecule has 1 aliphatic carbocycles. The Morgan fingerprint density at radius 2 is 1.56 bits per heavy atom. The van der Waals surface area contributed by atoms with Crippen molar-refractivity contribution in [3.8, 4) is 0 Å². The number of nitrogens with two attached hydrogens (primary N) is 1. The van der Waals surface area contributed by atoms with Gasteiger partial charge in [-0.2, -0.15) is 0 Å². The van der Waals surface area contributed by atoms with Crippen LogP contribution in [0.25, 0.3) is 0 Å². The van der Waals surface area contributed by atoms with Gasteiger partial charge in [-0.3, -0.25) is 19.2 Å². The van der Waals surface area contributed by atoms with Gasteiger partial charge in [0, 0.05) is 12.1 Å². The Kier molecular flexibility index (Phi) is 8.71. The zero-order valence-corrected chi connectivity index (χ0v) is 21.3. The Bertz CT molecular complexity index is 810. The van der Waals surface area contributed by atoms with E-state index >= 15 is 0 Å². The second-order valence-corrected chi connectivity index (χ2v) is 11.7. The van der Waals surface area contributed by atoms with Crippen molar-refractivity contribution in [2.45, 2.75) is 104 Å². The first-order valence-electron chi connectivity index (χ1n) is 12.1. The third kappa shape index (κ3) is 7.43. The number of rotatable bonds is 8. The molecule has 2 rings (SSSR count). The predicted molar refractivity (Wildman–Crippen MR) is 127 cm³/mol. The van der Waals surface area contributed by atoms with E-state index in [0.717, 1.165) is 19.3 Å². The molecule has 0 spiro atoms. The molecular formula is C24H41N5O5. The van der Waals surface area contributed by atoms with Gasteiger partial charge in [0.25, 0.3) is 5.91 Å². The van der Waals surface area contributed by atoms with Gasteiger partial charge in [0.2, 0.25) is 17.6 Å². The minimum Gasteiger partial charge on any atom is -0.363 e. The molecule has 34 heavy (non-hydrogen) atoms. The van der Waals surface area contributed by atoms with Crippen molar-refractivity contribution in [1.29, 1.82) is 0 Å². The number of ketones is 1. The van der Waals surface area contributed by atoms with Gasteiger partial charge >= 0.3 is 6.03 Å². The first-order chi connectivity index (χ1) is 15.6. The van der Waals surface area contributed by atoms with E-state index in [1.165, 1.54) is 4.90 Å². The van der Waals surface area contributed by atoms with E-state index in [2.05, 4.69) is 16.0 Å². The number of carbonyl (C=O) groups excluding carboxylic acids is 5. The number of urea groups is 1. The molecule has 1 saturated heterocycles. The fourth-order valence-corrected chi connectivity index (χ4v) is 4.36. The highest BCUT2D eigenvalue weighted by molar-refractivity contribution is 6.37. The molecule has 0 radical (unpaired) electrons. The summed E-state index contributed by atoms with van der Waals surface area (Å²) in [5.41, 5.74) is 4.12.